The summed E-state index contributed by atoms with van der Waals surface area (Å²) in [5, 5.41) is 0. The van der Waals surface area contributed by atoms with Gasteiger partial charge < -0.3 is 5.73 Å². The maximum Gasteiger partial charge on any atom is 0.441 e. The normalized spacial score (nSPS) is 33.0. The minimum atomic E-state index is -4.11. The lowest BCUT2D eigenvalue weighted by molar-refractivity contribution is -0.0328. The topological polar surface area (TPSA) is 26.0 Å². The molecule has 2 atom stereocenters. The average molecular weight is 241 g/mol. The lowest BCUT2D eigenvalue weighted by Gasteiger charge is -2.36. The number of halogens is 3. The van der Waals surface area contributed by atoms with Crippen molar-refractivity contribution in [1.29, 1.82) is 0 Å². The molecule has 0 aromatic heterocycles. The Labute approximate surface area is 93.0 Å². The SMILES string of the molecule is CC1CCCC(N)(CCSC(F)(F)F)C1. The van der Waals surface area contributed by atoms with Gasteiger partial charge in [-0.2, -0.15) is 13.2 Å². The highest BCUT2D eigenvalue weighted by molar-refractivity contribution is 8.00. The summed E-state index contributed by atoms with van der Waals surface area (Å²) in [6.45, 7) is 2.12. The van der Waals surface area contributed by atoms with E-state index >= 15 is 0 Å². The van der Waals surface area contributed by atoms with Gasteiger partial charge in [0.2, 0.25) is 0 Å². The minimum absolute atomic E-state index is 0.0470. The first-order valence-corrected chi connectivity index (χ1v) is 6.29. The van der Waals surface area contributed by atoms with Crippen molar-refractivity contribution in [3.05, 3.63) is 0 Å². The summed E-state index contributed by atoms with van der Waals surface area (Å²) >= 11 is 0.0470. The Hall–Kier alpha value is 0.100. The van der Waals surface area contributed by atoms with Crippen molar-refractivity contribution < 1.29 is 13.2 Å². The van der Waals surface area contributed by atoms with Crippen molar-refractivity contribution in [3.8, 4) is 0 Å². The van der Waals surface area contributed by atoms with E-state index in [0.29, 0.717) is 12.3 Å². The number of hydrogen-bond donors (Lipinski definition) is 1. The highest BCUT2D eigenvalue weighted by Crippen LogP contribution is 2.36. The quantitative estimate of drug-likeness (QED) is 0.818. The van der Waals surface area contributed by atoms with E-state index < -0.39 is 5.51 Å². The fraction of sp³-hybridized carbons (Fsp3) is 1.00. The van der Waals surface area contributed by atoms with Gasteiger partial charge in [0.15, 0.2) is 0 Å². The van der Waals surface area contributed by atoms with Gasteiger partial charge in [0.1, 0.15) is 0 Å². The van der Waals surface area contributed by atoms with Crippen molar-refractivity contribution in [2.45, 2.75) is 50.1 Å². The van der Waals surface area contributed by atoms with E-state index in [9.17, 15) is 13.2 Å². The molecule has 15 heavy (non-hydrogen) atoms. The molecule has 5 heteroatoms. The van der Waals surface area contributed by atoms with Crippen LogP contribution in [0.4, 0.5) is 13.2 Å². The molecule has 0 radical (unpaired) electrons. The van der Waals surface area contributed by atoms with Crippen LogP contribution in [0.3, 0.4) is 0 Å². The predicted molar refractivity (Wildman–Crippen MR) is 57.7 cm³/mol. The second kappa shape index (κ2) is 4.95. The fourth-order valence-corrected chi connectivity index (χ4v) is 3.04. The van der Waals surface area contributed by atoms with Crippen LogP contribution in [-0.4, -0.2) is 16.8 Å². The van der Waals surface area contributed by atoms with E-state index in [0.717, 1.165) is 25.7 Å². The van der Waals surface area contributed by atoms with Crippen molar-refractivity contribution >= 4 is 11.8 Å². The zero-order valence-corrected chi connectivity index (χ0v) is 9.76. The van der Waals surface area contributed by atoms with Crippen LogP contribution in [0.1, 0.15) is 39.0 Å². The van der Waals surface area contributed by atoms with Gasteiger partial charge in [0.25, 0.3) is 0 Å². The Morgan fingerprint density at radius 2 is 2.13 bits per heavy atom. The second-order valence-corrected chi connectivity index (χ2v) is 5.77. The van der Waals surface area contributed by atoms with Gasteiger partial charge in [0.05, 0.1) is 0 Å². The first-order chi connectivity index (χ1) is 6.81. The van der Waals surface area contributed by atoms with Crippen LogP contribution in [0.15, 0.2) is 0 Å². The molecule has 0 heterocycles. The second-order valence-electron chi connectivity index (χ2n) is 4.61. The Bertz CT molecular complexity index is 207. The third-order valence-electron chi connectivity index (χ3n) is 2.99. The molecule has 0 bridgehead atoms. The van der Waals surface area contributed by atoms with Gasteiger partial charge in [-0.05, 0) is 25.2 Å². The van der Waals surface area contributed by atoms with E-state index in [4.69, 9.17) is 5.73 Å². The van der Waals surface area contributed by atoms with Crippen molar-refractivity contribution in [2.24, 2.45) is 11.7 Å². The molecule has 1 rings (SSSR count). The zero-order chi connectivity index (χ0) is 11.5. The van der Waals surface area contributed by atoms with Crippen LogP contribution in [0, 0.1) is 5.92 Å². The van der Waals surface area contributed by atoms with Crippen molar-refractivity contribution in [3.63, 3.8) is 0 Å². The zero-order valence-electron chi connectivity index (χ0n) is 8.94. The van der Waals surface area contributed by atoms with Gasteiger partial charge in [-0.1, -0.05) is 31.5 Å². The lowest BCUT2D eigenvalue weighted by atomic mass is 9.76. The number of alkyl halides is 3. The molecule has 90 valence electrons. The van der Waals surface area contributed by atoms with E-state index in [2.05, 4.69) is 6.92 Å². The highest BCUT2D eigenvalue weighted by atomic mass is 32.2. The van der Waals surface area contributed by atoms with Gasteiger partial charge in [-0.25, -0.2) is 0 Å². The Morgan fingerprint density at radius 3 is 2.67 bits per heavy atom. The molecule has 1 saturated carbocycles. The van der Waals surface area contributed by atoms with Gasteiger partial charge in [-0.3, -0.25) is 0 Å². The number of nitrogens with two attached hydrogens (primary N) is 1. The molecule has 0 aromatic rings. The maximum atomic E-state index is 11.9. The summed E-state index contributed by atoms with van der Waals surface area (Å²) < 4.78 is 35.8. The Kier molecular flexibility index (Phi) is 4.35. The number of thioether (sulfide) groups is 1. The Morgan fingerprint density at radius 1 is 1.47 bits per heavy atom. The smallest absolute Gasteiger partial charge is 0.325 e. The summed E-state index contributed by atoms with van der Waals surface area (Å²) in [7, 11) is 0. The third kappa shape index (κ3) is 5.11. The standard InChI is InChI=1S/C10H18F3NS/c1-8-3-2-4-9(14,7-8)5-6-15-10(11,12)13/h8H,2-7,14H2,1H3. The van der Waals surface area contributed by atoms with Crippen molar-refractivity contribution in [1.82, 2.24) is 0 Å². The summed E-state index contributed by atoms with van der Waals surface area (Å²) in [5.74, 6) is 0.645. The van der Waals surface area contributed by atoms with Crippen LogP contribution in [0.2, 0.25) is 0 Å². The fourth-order valence-electron chi connectivity index (χ4n) is 2.30. The molecule has 0 amide bonds. The number of rotatable bonds is 3. The van der Waals surface area contributed by atoms with Crippen LogP contribution < -0.4 is 5.73 Å². The van der Waals surface area contributed by atoms with E-state index in [1.807, 2.05) is 0 Å². The molecule has 0 saturated heterocycles. The maximum absolute atomic E-state index is 11.9. The summed E-state index contributed by atoms with van der Waals surface area (Å²) in [6, 6.07) is 0. The van der Waals surface area contributed by atoms with E-state index in [-0.39, 0.29) is 23.1 Å². The number of hydrogen-bond acceptors (Lipinski definition) is 2. The minimum Gasteiger partial charge on any atom is -0.325 e. The van der Waals surface area contributed by atoms with Crippen LogP contribution in [0.5, 0.6) is 0 Å². The molecule has 0 aromatic carbocycles. The molecule has 1 nitrogen and oxygen atoms in total. The van der Waals surface area contributed by atoms with Gasteiger partial charge in [-0.15, -0.1) is 0 Å². The average Bonchev–Trinajstić information content (AvgIpc) is 1.99. The van der Waals surface area contributed by atoms with Crippen LogP contribution in [-0.2, 0) is 0 Å². The largest absolute Gasteiger partial charge is 0.441 e. The van der Waals surface area contributed by atoms with E-state index in [1.165, 1.54) is 0 Å². The molecule has 1 aliphatic carbocycles. The molecular weight excluding hydrogens is 223 g/mol. The first kappa shape index (κ1) is 13.2. The molecule has 0 spiro atoms. The highest BCUT2D eigenvalue weighted by Gasteiger charge is 2.33. The third-order valence-corrected chi connectivity index (χ3v) is 3.73. The monoisotopic (exact) mass is 241 g/mol. The van der Waals surface area contributed by atoms with Crippen molar-refractivity contribution in [2.75, 3.05) is 5.75 Å². The van der Waals surface area contributed by atoms with E-state index in [1.54, 1.807) is 0 Å². The van der Waals surface area contributed by atoms with Gasteiger partial charge in [0, 0.05) is 11.3 Å². The summed E-state index contributed by atoms with van der Waals surface area (Å²) in [4.78, 5) is 0. The van der Waals surface area contributed by atoms with Crippen LogP contribution in [0.25, 0.3) is 0 Å². The first-order valence-electron chi connectivity index (χ1n) is 5.30. The lowest BCUT2D eigenvalue weighted by Crippen LogP contribution is -2.44. The molecule has 2 unspecified atom stereocenters. The molecule has 1 aliphatic rings. The summed E-state index contributed by atoms with van der Waals surface area (Å²) in [6.07, 6.45) is 4.42. The molecular formula is C10H18F3NS. The molecule has 2 N–H and O–H groups in total. The molecule has 0 aliphatic heterocycles. The molecule has 1 fully saturated rings. The summed E-state index contributed by atoms with van der Waals surface area (Å²) in [5.41, 5.74) is 1.63. The van der Waals surface area contributed by atoms with Gasteiger partial charge >= 0.3 is 5.51 Å². The van der Waals surface area contributed by atoms with Crippen LogP contribution >= 0.6 is 11.8 Å². The predicted octanol–water partition coefficient (Wildman–Crippen LogP) is 3.54. The Balaban J connectivity index is 2.30.